The largest absolute Gasteiger partial charge is 0.489 e. The quantitative estimate of drug-likeness (QED) is 0.741. The van der Waals surface area contributed by atoms with Crippen LogP contribution in [-0.2, 0) is 9.59 Å². The van der Waals surface area contributed by atoms with Gasteiger partial charge in [0.2, 0.25) is 5.91 Å². The molecule has 0 unspecified atom stereocenters. The van der Waals surface area contributed by atoms with Crippen molar-refractivity contribution in [1.29, 1.82) is 0 Å². The second-order valence-corrected chi connectivity index (χ2v) is 4.22. The van der Waals surface area contributed by atoms with E-state index in [9.17, 15) is 9.59 Å². The molecule has 0 fully saturated rings. The van der Waals surface area contributed by atoms with E-state index in [0.29, 0.717) is 18.0 Å². The highest BCUT2D eigenvalue weighted by Crippen LogP contribution is 2.18. The Morgan fingerprint density at radius 3 is 2.74 bits per heavy atom. The van der Waals surface area contributed by atoms with E-state index in [-0.39, 0.29) is 18.7 Å². The Labute approximate surface area is 111 Å². The Kier molecular flexibility index (Phi) is 5.60. The van der Waals surface area contributed by atoms with E-state index >= 15 is 0 Å². The Hall–Kier alpha value is -2.30. The van der Waals surface area contributed by atoms with E-state index in [0.717, 1.165) is 5.57 Å². The first-order valence-corrected chi connectivity index (χ1v) is 5.86. The van der Waals surface area contributed by atoms with Gasteiger partial charge in [0.15, 0.2) is 0 Å². The highest BCUT2D eigenvalue weighted by molar-refractivity contribution is 5.92. The fraction of sp³-hybridized carbons (Fsp3) is 0.286. The second-order valence-electron chi connectivity index (χ2n) is 4.22. The summed E-state index contributed by atoms with van der Waals surface area (Å²) in [4.78, 5) is 21.8. The first kappa shape index (κ1) is 14.8. The molecule has 0 saturated heterocycles. The lowest BCUT2D eigenvalue weighted by Crippen LogP contribution is -2.13. The normalized spacial score (nSPS) is 9.74. The third-order valence-corrected chi connectivity index (χ3v) is 2.17. The van der Waals surface area contributed by atoms with E-state index in [1.54, 1.807) is 24.3 Å². The summed E-state index contributed by atoms with van der Waals surface area (Å²) in [6.45, 7) is 6.00. The van der Waals surface area contributed by atoms with Crippen molar-refractivity contribution in [1.82, 2.24) is 0 Å². The molecule has 0 radical (unpaired) electrons. The van der Waals surface area contributed by atoms with Crippen LogP contribution in [0.5, 0.6) is 5.75 Å². The summed E-state index contributed by atoms with van der Waals surface area (Å²) in [5.74, 6) is -0.702. The van der Waals surface area contributed by atoms with Crippen molar-refractivity contribution in [3.63, 3.8) is 0 Å². The summed E-state index contributed by atoms with van der Waals surface area (Å²) in [6.07, 6.45) is -0.232. The minimum atomic E-state index is -0.992. The van der Waals surface area contributed by atoms with Gasteiger partial charge in [-0.25, -0.2) is 0 Å². The van der Waals surface area contributed by atoms with Crippen LogP contribution in [0.1, 0.15) is 19.8 Å². The van der Waals surface area contributed by atoms with E-state index in [4.69, 9.17) is 9.84 Å². The molecule has 0 aliphatic heterocycles. The topological polar surface area (TPSA) is 75.6 Å². The van der Waals surface area contributed by atoms with Crippen LogP contribution >= 0.6 is 0 Å². The van der Waals surface area contributed by atoms with Crippen molar-refractivity contribution in [3.8, 4) is 5.75 Å². The number of nitrogens with one attached hydrogen (secondary N) is 1. The van der Waals surface area contributed by atoms with Gasteiger partial charge in [0.05, 0.1) is 6.42 Å². The van der Waals surface area contributed by atoms with E-state index in [1.165, 1.54) is 0 Å². The summed E-state index contributed by atoms with van der Waals surface area (Å²) in [5, 5.41) is 11.1. The number of anilines is 1. The van der Waals surface area contributed by atoms with Gasteiger partial charge in [-0.1, -0.05) is 12.6 Å². The van der Waals surface area contributed by atoms with Crippen LogP contribution in [0.25, 0.3) is 0 Å². The first-order valence-electron chi connectivity index (χ1n) is 5.86. The van der Waals surface area contributed by atoms with E-state index in [2.05, 4.69) is 11.9 Å². The predicted molar refractivity (Wildman–Crippen MR) is 72.3 cm³/mol. The average molecular weight is 263 g/mol. The minimum Gasteiger partial charge on any atom is -0.489 e. The highest BCUT2D eigenvalue weighted by Gasteiger charge is 2.06. The van der Waals surface area contributed by atoms with Crippen LogP contribution in [0, 0.1) is 0 Å². The van der Waals surface area contributed by atoms with Gasteiger partial charge in [-0.3, -0.25) is 9.59 Å². The van der Waals surface area contributed by atoms with Crippen molar-refractivity contribution in [2.24, 2.45) is 0 Å². The zero-order valence-corrected chi connectivity index (χ0v) is 10.8. The van der Waals surface area contributed by atoms with E-state index in [1.807, 2.05) is 6.92 Å². The molecule has 0 bridgehead atoms. The van der Waals surface area contributed by atoms with Gasteiger partial charge < -0.3 is 15.2 Å². The molecule has 1 aromatic rings. The maximum Gasteiger partial charge on any atom is 0.303 e. The number of ether oxygens (including phenoxy) is 1. The summed E-state index contributed by atoms with van der Waals surface area (Å²) < 4.78 is 5.44. The van der Waals surface area contributed by atoms with Crippen LogP contribution in [0.4, 0.5) is 5.69 Å². The lowest BCUT2D eigenvalue weighted by molar-refractivity contribution is -0.138. The number of rotatable bonds is 7. The fourth-order valence-corrected chi connectivity index (χ4v) is 1.31. The Morgan fingerprint density at radius 1 is 1.37 bits per heavy atom. The predicted octanol–water partition coefficient (Wildman–Crippen LogP) is 2.44. The van der Waals surface area contributed by atoms with Gasteiger partial charge >= 0.3 is 5.97 Å². The molecular formula is C14H17NO4. The molecule has 1 rings (SSSR count). The molecule has 5 heteroatoms. The van der Waals surface area contributed by atoms with E-state index < -0.39 is 5.97 Å². The van der Waals surface area contributed by atoms with Crippen LogP contribution in [0.2, 0.25) is 0 Å². The molecule has 0 atom stereocenters. The summed E-state index contributed by atoms with van der Waals surface area (Å²) in [6, 6.07) is 6.92. The highest BCUT2D eigenvalue weighted by atomic mass is 16.5. The van der Waals surface area contributed by atoms with Crippen LogP contribution < -0.4 is 10.1 Å². The number of carbonyl (C=O) groups excluding carboxylic acids is 1. The van der Waals surface area contributed by atoms with Gasteiger partial charge in [-0.05, 0) is 24.6 Å². The summed E-state index contributed by atoms with van der Waals surface area (Å²) in [7, 11) is 0. The molecule has 1 aromatic carbocycles. The number of carbonyl (C=O) groups is 2. The average Bonchev–Trinajstić information content (AvgIpc) is 2.34. The third-order valence-electron chi connectivity index (χ3n) is 2.17. The molecular weight excluding hydrogens is 246 g/mol. The van der Waals surface area contributed by atoms with Gasteiger partial charge in [0, 0.05) is 18.2 Å². The molecule has 0 spiro atoms. The molecule has 0 heterocycles. The smallest absolute Gasteiger partial charge is 0.303 e. The van der Waals surface area contributed by atoms with Crippen molar-refractivity contribution >= 4 is 17.6 Å². The molecule has 102 valence electrons. The number of hydrogen-bond acceptors (Lipinski definition) is 3. The first-order chi connectivity index (χ1) is 8.97. The van der Waals surface area contributed by atoms with Gasteiger partial charge in [-0.15, -0.1) is 0 Å². The maximum atomic E-state index is 11.5. The number of carboxylic acid groups (broad SMARTS) is 1. The monoisotopic (exact) mass is 263 g/mol. The molecule has 19 heavy (non-hydrogen) atoms. The minimum absolute atomic E-state index is 0.0494. The lowest BCUT2D eigenvalue weighted by atomic mass is 10.2. The number of aliphatic carboxylic acids is 1. The number of carboxylic acids is 1. The molecule has 0 aliphatic carbocycles. The van der Waals surface area contributed by atoms with Crippen LogP contribution in [0.15, 0.2) is 36.4 Å². The fourth-order valence-electron chi connectivity index (χ4n) is 1.31. The van der Waals surface area contributed by atoms with Crippen molar-refractivity contribution < 1.29 is 19.4 Å². The summed E-state index contributed by atoms with van der Waals surface area (Å²) in [5.41, 5.74) is 1.48. The Balaban J connectivity index is 2.54. The third kappa shape index (κ3) is 6.26. The standard InChI is InChI=1S/C14H17NO4/c1-10(2)9-19-12-5-3-4-11(8-12)15-13(16)6-7-14(17)18/h3-5,8H,1,6-7,9H2,2H3,(H,15,16)(H,17,18). The zero-order chi connectivity index (χ0) is 14.3. The molecule has 0 saturated carbocycles. The number of amides is 1. The number of hydrogen-bond donors (Lipinski definition) is 2. The summed E-state index contributed by atoms with van der Waals surface area (Å²) >= 11 is 0. The van der Waals surface area contributed by atoms with Crippen molar-refractivity contribution in [2.45, 2.75) is 19.8 Å². The van der Waals surface area contributed by atoms with Crippen molar-refractivity contribution in [3.05, 3.63) is 36.4 Å². The second kappa shape index (κ2) is 7.20. The maximum absolute atomic E-state index is 11.5. The zero-order valence-electron chi connectivity index (χ0n) is 10.8. The molecule has 1 amide bonds. The Bertz CT molecular complexity index is 482. The van der Waals surface area contributed by atoms with Crippen LogP contribution in [0.3, 0.4) is 0 Å². The van der Waals surface area contributed by atoms with Gasteiger partial charge in [-0.2, -0.15) is 0 Å². The molecule has 0 aromatic heterocycles. The molecule has 2 N–H and O–H groups in total. The Morgan fingerprint density at radius 2 is 2.11 bits per heavy atom. The lowest BCUT2D eigenvalue weighted by Gasteiger charge is -2.08. The molecule has 5 nitrogen and oxygen atoms in total. The van der Waals surface area contributed by atoms with Crippen molar-refractivity contribution in [2.75, 3.05) is 11.9 Å². The number of benzene rings is 1. The van der Waals surface area contributed by atoms with Crippen LogP contribution in [-0.4, -0.2) is 23.6 Å². The molecule has 0 aliphatic rings. The van der Waals surface area contributed by atoms with Gasteiger partial charge in [0.25, 0.3) is 0 Å². The SMILES string of the molecule is C=C(C)COc1cccc(NC(=O)CCC(=O)O)c1. The van der Waals surface area contributed by atoms with Gasteiger partial charge in [0.1, 0.15) is 12.4 Å².